The van der Waals surface area contributed by atoms with Crippen LogP contribution in [0.2, 0.25) is 10.0 Å². The number of amidine groups is 1. The first kappa shape index (κ1) is 41.8. The number of fused-ring (bicyclic) bond motifs is 1. The van der Waals surface area contributed by atoms with Crippen LogP contribution in [0.25, 0.3) is 10.9 Å². The van der Waals surface area contributed by atoms with Crippen LogP contribution < -0.4 is 15.8 Å². The molecule has 1 saturated heterocycles. The highest BCUT2D eigenvalue weighted by molar-refractivity contribution is 7.89. The Morgan fingerprint density at radius 3 is 2.45 bits per heavy atom. The third-order valence-corrected chi connectivity index (χ3v) is 11.4. The number of benzene rings is 3. The molecule has 0 spiro atoms. The van der Waals surface area contributed by atoms with Crippen LogP contribution in [-0.2, 0) is 21.4 Å². The molecule has 16 heteroatoms. The Kier molecular flexibility index (Phi) is 14.5. The SMILES string of the molecule is Cc1cc(C)c2cccc(OCc3c(Cl)ccc(S(=O)(=O)N4CCC[C@H]4C(=O)NCCCN(C)C(=O)c4ccc(C(=N)N)cc4)c3Cl)c2n1.Cl.Cl. The van der Waals surface area contributed by atoms with Gasteiger partial charge in [-0.1, -0.05) is 47.5 Å². The van der Waals surface area contributed by atoms with Crippen LogP contribution >= 0.6 is 48.0 Å². The van der Waals surface area contributed by atoms with Gasteiger partial charge in [0.2, 0.25) is 15.9 Å². The maximum absolute atomic E-state index is 13.9. The fourth-order valence-corrected chi connectivity index (χ4v) is 8.43. The van der Waals surface area contributed by atoms with Crippen LogP contribution in [0.15, 0.2) is 65.6 Å². The van der Waals surface area contributed by atoms with E-state index in [1.807, 2.05) is 32.0 Å². The summed E-state index contributed by atoms with van der Waals surface area (Å²) in [5.74, 6) is -0.196. The van der Waals surface area contributed by atoms with E-state index in [2.05, 4.69) is 10.3 Å². The van der Waals surface area contributed by atoms with E-state index in [0.717, 1.165) is 16.6 Å². The average Bonchev–Trinajstić information content (AvgIpc) is 3.58. The van der Waals surface area contributed by atoms with Crippen molar-refractivity contribution >= 4 is 86.6 Å². The number of ether oxygens (including phenoxy) is 1. The lowest BCUT2D eigenvalue weighted by atomic mass is 10.1. The maximum Gasteiger partial charge on any atom is 0.253 e. The number of para-hydroxylation sites is 1. The van der Waals surface area contributed by atoms with Gasteiger partial charge < -0.3 is 20.7 Å². The van der Waals surface area contributed by atoms with Crippen LogP contribution in [-0.4, -0.2) is 73.0 Å². The molecule has 11 nitrogen and oxygen atoms in total. The standard InChI is InChI=1S/C35H38Cl2N6O5S.2ClH/c1-21-19-22(2)41-32-25(21)7-4-9-29(32)48-20-26-27(36)14-15-30(31(26)37)49(46,47)43-18-5-8-28(43)34(44)40-16-6-17-42(3)35(45)24-12-10-23(11-13-24)33(38)39;;/h4,7,9-15,19,28H,5-6,8,16-18,20H2,1-3H3,(H3,38,39)(H,40,44);2*1H/t28-;;/m0../s1. The number of amides is 2. The lowest BCUT2D eigenvalue weighted by Gasteiger charge is -2.25. The molecule has 0 saturated carbocycles. The van der Waals surface area contributed by atoms with Crippen molar-refractivity contribution in [2.24, 2.45) is 5.73 Å². The molecule has 1 aliphatic rings. The number of nitrogens with two attached hydrogens (primary N) is 1. The molecule has 274 valence electrons. The highest BCUT2D eigenvalue weighted by Crippen LogP contribution is 2.36. The summed E-state index contributed by atoms with van der Waals surface area (Å²) in [5.41, 5.74) is 9.34. The van der Waals surface area contributed by atoms with Gasteiger partial charge >= 0.3 is 0 Å². The predicted molar refractivity (Wildman–Crippen MR) is 205 cm³/mol. The predicted octanol–water partition coefficient (Wildman–Crippen LogP) is 6.30. The molecule has 3 aromatic carbocycles. The monoisotopic (exact) mass is 796 g/mol. The molecule has 0 aliphatic carbocycles. The van der Waals surface area contributed by atoms with E-state index in [9.17, 15) is 18.0 Å². The van der Waals surface area contributed by atoms with E-state index in [-0.39, 0.29) is 71.2 Å². The Bertz CT molecular complexity index is 2030. The molecule has 51 heavy (non-hydrogen) atoms. The second-order valence-corrected chi connectivity index (χ2v) is 14.6. The van der Waals surface area contributed by atoms with Gasteiger partial charge in [0.1, 0.15) is 34.6 Å². The second-order valence-electron chi connectivity index (χ2n) is 12.0. The van der Waals surface area contributed by atoms with Crippen molar-refractivity contribution in [2.45, 2.75) is 50.7 Å². The van der Waals surface area contributed by atoms with Crippen molar-refractivity contribution < 1.29 is 22.7 Å². The van der Waals surface area contributed by atoms with Crippen molar-refractivity contribution in [3.8, 4) is 5.75 Å². The Hall–Kier alpha value is -3.65. The number of carbonyl (C=O) groups is 2. The smallest absolute Gasteiger partial charge is 0.253 e. The molecule has 1 aliphatic heterocycles. The average molecular weight is 799 g/mol. The van der Waals surface area contributed by atoms with Gasteiger partial charge in [-0.25, -0.2) is 13.4 Å². The number of hydrogen-bond donors (Lipinski definition) is 3. The first-order chi connectivity index (χ1) is 23.3. The van der Waals surface area contributed by atoms with E-state index < -0.39 is 22.0 Å². The number of aryl methyl sites for hydroxylation is 2. The van der Waals surface area contributed by atoms with Gasteiger partial charge in [-0.3, -0.25) is 15.0 Å². The zero-order chi connectivity index (χ0) is 35.5. The Morgan fingerprint density at radius 1 is 1.08 bits per heavy atom. The van der Waals surface area contributed by atoms with Gasteiger partial charge in [0, 0.05) is 59.5 Å². The lowest BCUT2D eigenvalue weighted by molar-refractivity contribution is -0.124. The van der Waals surface area contributed by atoms with E-state index in [4.69, 9.17) is 39.1 Å². The van der Waals surface area contributed by atoms with Crippen LogP contribution in [0.3, 0.4) is 0 Å². The minimum Gasteiger partial charge on any atom is -0.487 e. The van der Waals surface area contributed by atoms with Gasteiger partial charge in [-0.05, 0) is 75.1 Å². The molecule has 0 bridgehead atoms. The van der Waals surface area contributed by atoms with Gasteiger partial charge in [-0.2, -0.15) is 4.31 Å². The minimum absolute atomic E-state index is 0. The first-order valence-corrected chi connectivity index (χ1v) is 17.9. The zero-order valence-corrected chi connectivity index (χ0v) is 32.2. The molecule has 1 aromatic heterocycles. The number of sulfonamides is 1. The fraction of sp³-hybridized carbons (Fsp3) is 0.314. The number of pyridine rings is 1. The molecule has 4 aromatic rings. The number of carbonyl (C=O) groups excluding carboxylic acids is 2. The van der Waals surface area contributed by atoms with E-state index >= 15 is 0 Å². The number of rotatable bonds is 12. The number of nitrogen functional groups attached to an aromatic ring is 1. The van der Waals surface area contributed by atoms with Crippen LogP contribution in [0, 0.1) is 19.3 Å². The maximum atomic E-state index is 13.9. The van der Waals surface area contributed by atoms with Crippen LogP contribution in [0.5, 0.6) is 5.75 Å². The Morgan fingerprint density at radius 2 is 1.76 bits per heavy atom. The van der Waals surface area contributed by atoms with E-state index in [1.165, 1.54) is 21.3 Å². The van der Waals surface area contributed by atoms with Crippen molar-refractivity contribution in [1.82, 2.24) is 19.5 Å². The second kappa shape index (κ2) is 17.7. The number of nitrogens with one attached hydrogen (secondary N) is 2. The van der Waals surface area contributed by atoms with Gasteiger partial charge in [0.25, 0.3) is 5.91 Å². The summed E-state index contributed by atoms with van der Waals surface area (Å²) in [6.07, 6.45) is 1.32. The summed E-state index contributed by atoms with van der Waals surface area (Å²) in [4.78, 5) is 32.0. The fourth-order valence-electron chi connectivity index (χ4n) is 5.91. The number of hydrogen-bond acceptors (Lipinski definition) is 7. The van der Waals surface area contributed by atoms with Crippen molar-refractivity contribution in [3.63, 3.8) is 0 Å². The summed E-state index contributed by atoms with van der Waals surface area (Å²) in [7, 11) is -2.53. The minimum atomic E-state index is -4.19. The highest BCUT2D eigenvalue weighted by Gasteiger charge is 2.40. The van der Waals surface area contributed by atoms with Crippen LogP contribution in [0.4, 0.5) is 0 Å². The van der Waals surface area contributed by atoms with Gasteiger partial charge in [0.15, 0.2) is 0 Å². The molecule has 2 amide bonds. The van der Waals surface area contributed by atoms with Crippen molar-refractivity contribution in [3.05, 3.63) is 98.7 Å². The van der Waals surface area contributed by atoms with Gasteiger partial charge in [-0.15, -0.1) is 24.8 Å². The molecule has 5 rings (SSSR count). The normalized spacial score (nSPS) is 14.3. The Balaban J connectivity index is 0.00000351. The highest BCUT2D eigenvalue weighted by atomic mass is 35.5. The largest absolute Gasteiger partial charge is 0.487 e. The van der Waals surface area contributed by atoms with Crippen molar-refractivity contribution in [1.29, 1.82) is 5.41 Å². The molecular weight excluding hydrogens is 758 g/mol. The number of nitrogens with zero attached hydrogens (tertiary/aromatic N) is 3. The van der Waals surface area contributed by atoms with E-state index in [0.29, 0.717) is 53.8 Å². The van der Waals surface area contributed by atoms with Gasteiger partial charge in [0.05, 0.1) is 5.02 Å². The summed E-state index contributed by atoms with van der Waals surface area (Å²) in [5, 5.41) is 11.4. The quantitative estimate of drug-likeness (QED) is 0.0863. The molecule has 4 N–H and O–H groups in total. The third-order valence-electron chi connectivity index (χ3n) is 8.51. The molecule has 1 fully saturated rings. The Labute approximate surface area is 320 Å². The summed E-state index contributed by atoms with van der Waals surface area (Å²) in [6, 6.07) is 15.9. The summed E-state index contributed by atoms with van der Waals surface area (Å²) in [6.45, 7) is 4.56. The summed E-state index contributed by atoms with van der Waals surface area (Å²) >= 11 is 13.2. The molecule has 0 unspecified atom stereocenters. The van der Waals surface area contributed by atoms with Crippen molar-refractivity contribution in [2.75, 3.05) is 26.7 Å². The third kappa shape index (κ3) is 9.24. The summed E-state index contributed by atoms with van der Waals surface area (Å²) < 4.78 is 35.2. The van der Waals surface area contributed by atoms with Crippen LogP contribution in [0.1, 0.15) is 52.0 Å². The first-order valence-electron chi connectivity index (χ1n) is 15.8. The zero-order valence-electron chi connectivity index (χ0n) is 28.2. The molecule has 1 atom stereocenters. The topological polar surface area (TPSA) is 159 Å². The number of halogens is 4. The molecular formula is C35H40Cl4N6O5S. The lowest BCUT2D eigenvalue weighted by Crippen LogP contribution is -2.46. The molecule has 0 radical (unpaired) electrons. The number of aromatic nitrogens is 1. The van der Waals surface area contributed by atoms with E-state index in [1.54, 1.807) is 37.4 Å². The molecule has 2 heterocycles.